The summed E-state index contributed by atoms with van der Waals surface area (Å²) in [7, 11) is 0. The van der Waals surface area contributed by atoms with E-state index < -0.39 is 0 Å². The molecule has 4 heteroatoms. The van der Waals surface area contributed by atoms with E-state index in [9.17, 15) is 0 Å². The molecule has 1 saturated heterocycles. The predicted molar refractivity (Wildman–Crippen MR) is 32.6 cm³/mol. The molecule has 2 heterocycles. The van der Waals surface area contributed by atoms with Crippen LogP contribution in [0.15, 0.2) is 16.9 Å². The number of aliphatic imine (C=N–C) groups is 1. The molecule has 1 unspecified atom stereocenters. The van der Waals surface area contributed by atoms with Crippen LogP contribution in [-0.4, -0.2) is 19.3 Å². The van der Waals surface area contributed by atoms with Crippen LogP contribution in [0.2, 0.25) is 0 Å². The van der Waals surface area contributed by atoms with Crippen LogP contribution in [0.25, 0.3) is 0 Å². The van der Waals surface area contributed by atoms with Crippen molar-refractivity contribution in [2.45, 2.75) is 6.23 Å². The molecule has 2 aliphatic heterocycles. The Kier molecular flexibility index (Phi) is 0.927. The van der Waals surface area contributed by atoms with Gasteiger partial charge in [0.15, 0.2) is 6.23 Å². The smallest absolute Gasteiger partial charge is 0.193 e. The van der Waals surface area contributed by atoms with Crippen LogP contribution in [0.4, 0.5) is 0 Å². The largest absolute Gasteiger partial charge is 0.361 e. The maximum Gasteiger partial charge on any atom is 0.193 e. The zero-order chi connectivity index (χ0) is 6.10. The maximum atomic E-state index is 5.14. The standard InChI is InChI=1S/C5H7N3O/c1-4-5(7-2-6-1)9-3-8-4/h1-2,5,8H,3H2,(H,6,7). The Morgan fingerprint density at radius 2 is 2.78 bits per heavy atom. The Labute approximate surface area is 52.6 Å². The van der Waals surface area contributed by atoms with E-state index in [0.717, 1.165) is 5.70 Å². The molecule has 0 aromatic rings. The second-order valence-corrected chi connectivity index (χ2v) is 1.88. The highest BCUT2D eigenvalue weighted by atomic mass is 16.5. The molecule has 1 atom stereocenters. The van der Waals surface area contributed by atoms with Crippen LogP contribution in [0.1, 0.15) is 0 Å². The Morgan fingerprint density at radius 1 is 1.78 bits per heavy atom. The quantitative estimate of drug-likeness (QED) is 0.452. The topological polar surface area (TPSA) is 45.6 Å². The molecule has 0 spiro atoms. The number of ether oxygens (including phenoxy) is 1. The van der Waals surface area contributed by atoms with Crippen molar-refractivity contribution in [3.8, 4) is 0 Å². The normalized spacial score (nSPS) is 30.2. The van der Waals surface area contributed by atoms with Crippen LogP contribution in [0, 0.1) is 0 Å². The van der Waals surface area contributed by atoms with Crippen LogP contribution in [0.3, 0.4) is 0 Å². The lowest BCUT2D eigenvalue weighted by atomic mass is 10.4. The SMILES string of the molecule is C1=NC2OCNC2=CN1. The van der Waals surface area contributed by atoms with Crippen LogP contribution >= 0.6 is 0 Å². The Hall–Kier alpha value is -1.03. The fraction of sp³-hybridized carbons (Fsp3) is 0.400. The molecule has 2 aliphatic rings. The van der Waals surface area contributed by atoms with Crippen molar-refractivity contribution in [2.24, 2.45) is 4.99 Å². The molecular weight excluding hydrogens is 118 g/mol. The minimum absolute atomic E-state index is 0.0775. The molecule has 2 rings (SSSR count). The fourth-order valence-corrected chi connectivity index (χ4v) is 0.864. The first-order valence-corrected chi connectivity index (χ1v) is 2.80. The molecular formula is C5H7N3O. The first-order chi connectivity index (χ1) is 4.47. The Bertz CT molecular complexity index is 175. The van der Waals surface area contributed by atoms with Crippen molar-refractivity contribution in [3.63, 3.8) is 0 Å². The van der Waals surface area contributed by atoms with E-state index in [1.165, 1.54) is 0 Å². The van der Waals surface area contributed by atoms with Crippen LogP contribution < -0.4 is 10.6 Å². The molecule has 4 nitrogen and oxygen atoms in total. The van der Waals surface area contributed by atoms with Gasteiger partial charge in [0.1, 0.15) is 6.73 Å². The van der Waals surface area contributed by atoms with Gasteiger partial charge in [-0.1, -0.05) is 0 Å². The molecule has 0 aromatic heterocycles. The summed E-state index contributed by atoms with van der Waals surface area (Å²) in [5, 5.41) is 5.88. The van der Waals surface area contributed by atoms with Gasteiger partial charge >= 0.3 is 0 Å². The first-order valence-electron chi connectivity index (χ1n) is 2.80. The molecule has 0 aromatic carbocycles. The molecule has 0 radical (unpaired) electrons. The summed E-state index contributed by atoms with van der Waals surface area (Å²) >= 11 is 0. The summed E-state index contributed by atoms with van der Waals surface area (Å²) in [6.07, 6.45) is 3.40. The molecule has 2 N–H and O–H groups in total. The lowest BCUT2D eigenvalue weighted by molar-refractivity contribution is 0.126. The van der Waals surface area contributed by atoms with E-state index >= 15 is 0 Å². The van der Waals surface area contributed by atoms with E-state index in [1.807, 2.05) is 6.20 Å². The Morgan fingerprint density at radius 3 is 3.67 bits per heavy atom. The van der Waals surface area contributed by atoms with E-state index in [1.54, 1.807) is 6.34 Å². The second-order valence-electron chi connectivity index (χ2n) is 1.88. The summed E-state index contributed by atoms with van der Waals surface area (Å²) < 4.78 is 5.14. The van der Waals surface area contributed by atoms with Crippen molar-refractivity contribution < 1.29 is 4.74 Å². The van der Waals surface area contributed by atoms with E-state index in [2.05, 4.69) is 15.6 Å². The third kappa shape index (κ3) is 0.675. The maximum absolute atomic E-state index is 5.14. The molecule has 9 heavy (non-hydrogen) atoms. The van der Waals surface area contributed by atoms with E-state index in [4.69, 9.17) is 4.74 Å². The number of rotatable bonds is 0. The van der Waals surface area contributed by atoms with Crippen molar-refractivity contribution in [3.05, 3.63) is 11.9 Å². The molecule has 0 aliphatic carbocycles. The van der Waals surface area contributed by atoms with Gasteiger partial charge in [0.2, 0.25) is 0 Å². The molecule has 0 saturated carbocycles. The highest BCUT2D eigenvalue weighted by Crippen LogP contribution is 2.11. The molecule has 48 valence electrons. The lowest BCUT2D eigenvalue weighted by Crippen LogP contribution is -2.20. The Balaban J connectivity index is 2.22. The predicted octanol–water partition coefficient (Wildman–Crippen LogP) is -0.637. The summed E-state index contributed by atoms with van der Waals surface area (Å²) in [5.41, 5.74) is 1.01. The van der Waals surface area contributed by atoms with Crippen molar-refractivity contribution >= 4 is 6.34 Å². The van der Waals surface area contributed by atoms with Gasteiger partial charge in [0.05, 0.1) is 12.0 Å². The van der Waals surface area contributed by atoms with E-state index in [0.29, 0.717) is 6.73 Å². The van der Waals surface area contributed by atoms with Gasteiger partial charge in [-0.2, -0.15) is 0 Å². The molecule has 1 fully saturated rings. The van der Waals surface area contributed by atoms with Gasteiger partial charge in [0.25, 0.3) is 0 Å². The minimum Gasteiger partial charge on any atom is -0.361 e. The van der Waals surface area contributed by atoms with Crippen molar-refractivity contribution in [2.75, 3.05) is 6.73 Å². The average molecular weight is 125 g/mol. The number of fused-ring (bicyclic) bond motifs is 1. The highest BCUT2D eigenvalue weighted by Gasteiger charge is 2.20. The summed E-state index contributed by atoms with van der Waals surface area (Å²) in [4.78, 5) is 4.00. The third-order valence-electron chi connectivity index (χ3n) is 1.31. The van der Waals surface area contributed by atoms with Gasteiger partial charge < -0.3 is 15.4 Å². The summed E-state index contributed by atoms with van der Waals surface area (Å²) in [6.45, 7) is 0.565. The lowest BCUT2D eigenvalue weighted by Gasteiger charge is -2.08. The van der Waals surface area contributed by atoms with Gasteiger partial charge in [-0.3, -0.25) is 0 Å². The second kappa shape index (κ2) is 1.73. The zero-order valence-electron chi connectivity index (χ0n) is 4.79. The summed E-state index contributed by atoms with van der Waals surface area (Å²) in [5.74, 6) is 0. The third-order valence-corrected chi connectivity index (χ3v) is 1.31. The minimum atomic E-state index is -0.0775. The van der Waals surface area contributed by atoms with Gasteiger partial charge in [-0.15, -0.1) is 0 Å². The molecule has 0 amide bonds. The number of hydrogen-bond acceptors (Lipinski definition) is 4. The highest BCUT2D eigenvalue weighted by molar-refractivity contribution is 5.58. The van der Waals surface area contributed by atoms with Crippen molar-refractivity contribution in [1.29, 1.82) is 0 Å². The summed E-state index contributed by atoms with van der Waals surface area (Å²) in [6, 6.07) is 0. The van der Waals surface area contributed by atoms with Crippen LogP contribution in [-0.2, 0) is 4.74 Å². The van der Waals surface area contributed by atoms with Crippen LogP contribution in [0.5, 0.6) is 0 Å². The molecule has 0 bridgehead atoms. The van der Waals surface area contributed by atoms with Gasteiger partial charge in [-0.25, -0.2) is 4.99 Å². The van der Waals surface area contributed by atoms with Crippen molar-refractivity contribution in [1.82, 2.24) is 10.6 Å². The monoisotopic (exact) mass is 125 g/mol. The zero-order valence-corrected chi connectivity index (χ0v) is 4.79. The van der Waals surface area contributed by atoms with Gasteiger partial charge in [0, 0.05) is 6.20 Å². The first kappa shape index (κ1) is 4.81. The fourth-order valence-electron chi connectivity index (χ4n) is 0.864. The number of nitrogens with one attached hydrogen (secondary N) is 2. The van der Waals surface area contributed by atoms with E-state index in [-0.39, 0.29) is 6.23 Å². The number of hydrogen-bond donors (Lipinski definition) is 2. The number of nitrogens with zero attached hydrogens (tertiary/aromatic N) is 1. The van der Waals surface area contributed by atoms with Gasteiger partial charge in [-0.05, 0) is 0 Å². The average Bonchev–Trinajstić information content (AvgIpc) is 2.33.